The van der Waals surface area contributed by atoms with Gasteiger partial charge in [-0.1, -0.05) is 12.1 Å². The number of anilines is 1. The predicted molar refractivity (Wildman–Crippen MR) is 106 cm³/mol. The molecule has 1 aliphatic heterocycles. The van der Waals surface area contributed by atoms with Crippen molar-refractivity contribution in [3.8, 4) is 0 Å². The predicted octanol–water partition coefficient (Wildman–Crippen LogP) is -0.442. The second-order valence-electron chi connectivity index (χ2n) is 7.29. The molecule has 1 aliphatic rings. The van der Waals surface area contributed by atoms with Gasteiger partial charge in [-0.2, -0.15) is 5.10 Å². The number of para-hydroxylation sites is 1. The van der Waals surface area contributed by atoms with Crippen LogP contribution in [0, 0.1) is 13.8 Å². The van der Waals surface area contributed by atoms with Gasteiger partial charge in [0.05, 0.1) is 27.3 Å². The second kappa shape index (κ2) is 7.75. The number of quaternary nitrogens is 2. The zero-order valence-corrected chi connectivity index (χ0v) is 16.6. The SMILES string of the molecule is Cc1n[nH]c(C)c1NC(=O)C[NH+]1CC[NH+](Cc2nc3ccccc3s2)CC1. The number of hydrogen-bond donors (Lipinski definition) is 4. The van der Waals surface area contributed by atoms with E-state index in [0.29, 0.717) is 6.54 Å². The number of nitrogens with zero attached hydrogens (tertiary/aromatic N) is 2. The van der Waals surface area contributed by atoms with Crippen molar-refractivity contribution in [2.24, 2.45) is 0 Å². The van der Waals surface area contributed by atoms with Gasteiger partial charge in [-0.3, -0.25) is 9.89 Å². The molecule has 8 heteroatoms. The molecular formula is C19H26N6OS+2. The monoisotopic (exact) mass is 386 g/mol. The Hall–Kier alpha value is -2.29. The van der Waals surface area contributed by atoms with Crippen molar-refractivity contribution >= 4 is 33.1 Å². The van der Waals surface area contributed by atoms with Crippen LogP contribution in [-0.4, -0.2) is 53.8 Å². The van der Waals surface area contributed by atoms with Crippen LogP contribution in [0.2, 0.25) is 0 Å². The fourth-order valence-corrected chi connectivity index (χ4v) is 4.70. The summed E-state index contributed by atoms with van der Waals surface area (Å²) < 4.78 is 1.26. The molecule has 0 spiro atoms. The van der Waals surface area contributed by atoms with Crippen LogP contribution in [0.3, 0.4) is 0 Å². The van der Waals surface area contributed by atoms with Gasteiger partial charge >= 0.3 is 0 Å². The third-order valence-electron chi connectivity index (χ3n) is 5.21. The minimum atomic E-state index is 0.0622. The Morgan fingerprint density at radius 1 is 1.19 bits per heavy atom. The van der Waals surface area contributed by atoms with Crippen LogP contribution in [0.25, 0.3) is 10.2 Å². The Morgan fingerprint density at radius 2 is 1.93 bits per heavy atom. The number of aromatic nitrogens is 3. The van der Waals surface area contributed by atoms with E-state index in [1.54, 1.807) is 16.2 Å². The molecule has 27 heavy (non-hydrogen) atoms. The zero-order valence-electron chi connectivity index (χ0n) is 15.8. The van der Waals surface area contributed by atoms with Gasteiger partial charge < -0.3 is 15.1 Å². The molecule has 1 saturated heterocycles. The smallest absolute Gasteiger partial charge is 0.279 e. The van der Waals surface area contributed by atoms with Crippen molar-refractivity contribution in [3.05, 3.63) is 40.7 Å². The Bertz CT molecular complexity index is 888. The summed E-state index contributed by atoms with van der Waals surface area (Å²) in [4.78, 5) is 20.0. The van der Waals surface area contributed by atoms with Gasteiger partial charge in [0.1, 0.15) is 37.7 Å². The van der Waals surface area contributed by atoms with Crippen LogP contribution < -0.4 is 15.1 Å². The minimum Gasteiger partial charge on any atom is -0.320 e. The molecule has 0 aliphatic carbocycles. The first-order valence-corrected chi connectivity index (χ1v) is 10.2. The van der Waals surface area contributed by atoms with Gasteiger partial charge in [0, 0.05) is 0 Å². The quantitative estimate of drug-likeness (QED) is 0.480. The maximum absolute atomic E-state index is 12.4. The van der Waals surface area contributed by atoms with E-state index in [2.05, 4.69) is 33.7 Å². The molecule has 3 aromatic rings. The van der Waals surface area contributed by atoms with Crippen LogP contribution in [0.15, 0.2) is 24.3 Å². The number of carbonyl (C=O) groups excluding carboxylic acids is 1. The molecule has 7 nitrogen and oxygen atoms in total. The van der Waals surface area contributed by atoms with Crippen molar-refractivity contribution < 1.29 is 14.6 Å². The number of carbonyl (C=O) groups is 1. The lowest BCUT2D eigenvalue weighted by Gasteiger charge is -2.28. The molecule has 1 fully saturated rings. The Labute approximate surface area is 162 Å². The van der Waals surface area contributed by atoms with E-state index >= 15 is 0 Å². The number of aryl methyl sites for hydroxylation is 2. The molecule has 0 radical (unpaired) electrons. The van der Waals surface area contributed by atoms with E-state index in [0.717, 1.165) is 55.3 Å². The van der Waals surface area contributed by atoms with E-state index in [9.17, 15) is 4.79 Å². The normalized spacial score (nSPS) is 20.1. The fourth-order valence-electron chi connectivity index (χ4n) is 3.67. The van der Waals surface area contributed by atoms with Crippen LogP contribution in [0.4, 0.5) is 5.69 Å². The molecule has 0 unspecified atom stereocenters. The highest BCUT2D eigenvalue weighted by Gasteiger charge is 2.26. The molecular weight excluding hydrogens is 360 g/mol. The van der Waals surface area contributed by atoms with E-state index < -0.39 is 0 Å². The van der Waals surface area contributed by atoms with E-state index in [4.69, 9.17) is 4.98 Å². The maximum Gasteiger partial charge on any atom is 0.279 e. The van der Waals surface area contributed by atoms with Crippen LogP contribution in [0.5, 0.6) is 0 Å². The van der Waals surface area contributed by atoms with Crippen molar-refractivity contribution in [1.29, 1.82) is 0 Å². The average molecular weight is 387 g/mol. The molecule has 0 saturated carbocycles. The maximum atomic E-state index is 12.4. The summed E-state index contributed by atoms with van der Waals surface area (Å²) in [7, 11) is 0. The number of fused-ring (bicyclic) bond motifs is 1. The van der Waals surface area contributed by atoms with Crippen molar-refractivity contribution in [3.63, 3.8) is 0 Å². The van der Waals surface area contributed by atoms with Crippen LogP contribution in [0.1, 0.15) is 16.4 Å². The lowest BCUT2D eigenvalue weighted by atomic mass is 10.3. The third kappa shape index (κ3) is 4.18. The van der Waals surface area contributed by atoms with Gasteiger partial charge in [-0.15, -0.1) is 11.3 Å². The van der Waals surface area contributed by atoms with Crippen molar-refractivity contribution in [2.75, 3.05) is 38.0 Å². The number of amides is 1. The summed E-state index contributed by atoms with van der Waals surface area (Å²) in [6, 6.07) is 8.32. The fraction of sp³-hybridized carbons (Fsp3) is 0.421. The molecule has 1 amide bonds. The number of hydrogen-bond acceptors (Lipinski definition) is 4. The van der Waals surface area contributed by atoms with Gasteiger partial charge in [0.15, 0.2) is 6.54 Å². The van der Waals surface area contributed by atoms with Crippen LogP contribution in [-0.2, 0) is 11.3 Å². The molecule has 142 valence electrons. The van der Waals surface area contributed by atoms with E-state index in [1.807, 2.05) is 19.9 Å². The number of nitrogens with one attached hydrogen (secondary N) is 4. The Morgan fingerprint density at radius 3 is 2.63 bits per heavy atom. The van der Waals surface area contributed by atoms with Gasteiger partial charge in [-0.05, 0) is 26.0 Å². The summed E-state index contributed by atoms with van der Waals surface area (Å²) >= 11 is 1.80. The van der Waals surface area contributed by atoms with E-state index in [-0.39, 0.29) is 5.91 Å². The van der Waals surface area contributed by atoms with Crippen molar-refractivity contribution in [2.45, 2.75) is 20.4 Å². The molecule has 4 rings (SSSR count). The molecule has 0 atom stereocenters. The summed E-state index contributed by atoms with van der Waals surface area (Å²) in [6.45, 7) is 9.48. The van der Waals surface area contributed by atoms with Gasteiger partial charge in [0.2, 0.25) is 0 Å². The average Bonchev–Trinajstić information content (AvgIpc) is 3.20. The number of aromatic amines is 1. The number of benzene rings is 1. The van der Waals surface area contributed by atoms with Crippen molar-refractivity contribution in [1.82, 2.24) is 15.2 Å². The number of thiazole rings is 1. The first-order valence-electron chi connectivity index (χ1n) is 9.41. The molecule has 1 aromatic carbocycles. The lowest BCUT2D eigenvalue weighted by Crippen LogP contribution is -3.28. The standard InChI is InChI=1S/C19H24N6OS/c1-13-19(14(2)23-22-13)21-17(26)11-24-7-9-25(10-8-24)12-18-20-15-5-3-4-6-16(15)27-18/h3-6H,7-12H2,1-2H3,(H,21,26)(H,22,23)/p+2. The van der Waals surface area contributed by atoms with Crippen LogP contribution >= 0.6 is 11.3 Å². The summed E-state index contributed by atoms with van der Waals surface area (Å²) in [5, 5.41) is 11.2. The first kappa shape index (κ1) is 18.1. The second-order valence-corrected chi connectivity index (χ2v) is 8.40. The number of piperazine rings is 1. The highest BCUT2D eigenvalue weighted by molar-refractivity contribution is 7.18. The Kier molecular flexibility index (Phi) is 5.20. The topological polar surface area (TPSA) is 79.5 Å². The van der Waals surface area contributed by atoms with Gasteiger partial charge in [0.25, 0.3) is 5.91 Å². The molecule has 4 N–H and O–H groups in total. The zero-order chi connectivity index (χ0) is 18.8. The number of rotatable bonds is 5. The summed E-state index contributed by atoms with van der Waals surface area (Å²) in [5.41, 5.74) is 3.66. The Balaban J connectivity index is 1.26. The minimum absolute atomic E-state index is 0.0622. The van der Waals surface area contributed by atoms with Gasteiger partial charge in [-0.25, -0.2) is 4.98 Å². The van der Waals surface area contributed by atoms with E-state index in [1.165, 1.54) is 14.6 Å². The highest BCUT2D eigenvalue weighted by Crippen LogP contribution is 2.20. The molecule has 0 bridgehead atoms. The third-order valence-corrected chi connectivity index (χ3v) is 6.24. The highest BCUT2D eigenvalue weighted by atomic mass is 32.1. The summed E-state index contributed by atoms with van der Waals surface area (Å²) in [6.07, 6.45) is 0. The molecule has 2 aromatic heterocycles. The molecule has 3 heterocycles. The first-order chi connectivity index (χ1) is 13.1. The lowest BCUT2D eigenvalue weighted by molar-refractivity contribution is -1.01. The summed E-state index contributed by atoms with van der Waals surface area (Å²) in [5.74, 6) is 0.0622. The number of H-pyrrole nitrogens is 1. The largest absolute Gasteiger partial charge is 0.320 e.